The van der Waals surface area contributed by atoms with E-state index in [0.717, 1.165) is 6.07 Å². The summed E-state index contributed by atoms with van der Waals surface area (Å²) in [4.78, 5) is 36.7. The number of nitrogens with one attached hydrogen (secondary N) is 1. The minimum atomic E-state index is -3.88. The van der Waals surface area contributed by atoms with Crippen LogP contribution in [-0.4, -0.2) is 46.9 Å². The van der Waals surface area contributed by atoms with Crippen LogP contribution in [0.1, 0.15) is 36.2 Å². The Kier molecular flexibility index (Phi) is 5.52. The minimum Gasteiger partial charge on any atom is -0.394 e. The molecule has 136 valence electrons. The van der Waals surface area contributed by atoms with E-state index in [9.17, 15) is 28.3 Å². The summed E-state index contributed by atoms with van der Waals surface area (Å²) in [5, 5.41) is 11.7. The van der Waals surface area contributed by atoms with E-state index >= 15 is 0 Å². The smallest absolute Gasteiger partial charge is 0.351 e. The first kappa shape index (κ1) is 19.0. The molecule has 1 aromatic carbocycles. The van der Waals surface area contributed by atoms with Crippen LogP contribution in [0.25, 0.3) is 0 Å². The zero-order chi connectivity index (χ0) is 18.8. The molecule has 6 nitrogen and oxygen atoms in total. The fourth-order valence-corrected chi connectivity index (χ4v) is 2.77. The number of carbonyl (C=O) groups excluding carboxylic acids is 3. The fraction of sp³-hybridized carbons (Fsp3) is 0.471. The highest BCUT2D eigenvalue weighted by Crippen LogP contribution is 2.37. The quantitative estimate of drug-likeness (QED) is 0.754. The van der Waals surface area contributed by atoms with Crippen molar-refractivity contribution in [1.82, 2.24) is 10.2 Å². The SMILES string of the molecule is CC(C)CC(CO)NC(=O)CN1C(=O)c2ccccc2C(F)(F)C1=O. The number of imide groups is 1. The summed E-state index contributed by atoms with van der Waals surface area (Å²) in [6, 6.07) is 4.36. The van der Waals surface area contributed by atoms with Crippen molar-refractivity contribution in [3.05, 3.63) is 35.4 Å². The van der Waals surface area contributed by atoms with Gasteiger partial charge in [0.05, 0.1) is 12.6 Å². The van der Waals surface area contributed by atoms with E-state index in [1.807, 2.05) is 13.8 Å². The van der Waals surface area contributed by atoms with Gasteiger partial charge in [-0.15, -0.1) is 0 Å². The Balaban J connectivity index is 2.18. The van der Waals surface area contributed by atoms with Gasteiger partial charge in [-0.25, -0.2) is 0 Å². The summed E-state index contributed by atoms with van der Waals surface area (Å²) < 4.78 is 28.5. The molecule has 0 bridgehead atoms. The van der Waals surface area contributed by atoms with Crippen LogP contribution in [0.15, 0.2) is 24.3 Å². The average Bonchev–Trinajstić information content (AvgIpc) is 2.56. The number of aliphatic hydroxyl groups is 1. The number of carbonyl (C=O) groups is 3. The maximum atomic E-state index is 14.3. The maximum Gasteiger partial charge on any atom is 0.351 e. The van der Waals surface area contributed by atoms with E-state index < -0.39 is 41.8 Å². The normalized spacial score (nSPS) is 17.4. The Bertz CT molecular complexity index is 691. The molecule has 1 unspecified atom stereocenters. The van der Waals surface area contributed by atoms with Crippen molar-refractivity contribution in [2.75, 3.05) is 13.2 Å². The van der Waals surface area contributed by atoms with Gasteiger partial charge in [-0.2, -0.15) is 8.78 Å². The lowest BCUT2D eigenvalue weighted by atomic mass is 9.95. The molecular formula is C17H20F2N2O4. The molecule has 2 rings (SSSR count). The lowest BCUT2D eigenvalue weighted by Crippen LogP contribution is -2.54. The van der Waals surface area contributed by atoms with Crippen LogP contribution in [0.4, 0.5) is 8.78 Å². The molecule has 0 aromatic heterocycles. The summed E-state index contributed by atoms with van der Waals surface area (Å²) in [5.41, 5.74) is -0.963. The Labute approximate surface area is 143 Å². The molecule has 0 saturated heterocycles. The van der Waals surface area contributed by atoms with Crippen molar-refractivity contribution in [1.29, 1.82) is 0 Å². The Morgan fingerprint density at radius 3 is 2.52 bits per heavy atom. The van der Waals surface area contributed by atoms with Gasteiger partial charge < -0.3 is 10.4 Å². The number of hydrogen-bond acceptors (Lipinski definition) is 4. The molecule has 3 amide bonds. The number of alkyl halides is 2. The molecular weight excluding hydrogens is 334 g/mol. The summed E-state index contributed by atoms with van der Waals surface area (Å²) >= 11 is 0. The third-order valence-electron chi connectivity index (χ3n) is 3.90. The number of nitrogens with zero attached hydrogens (tertiary/aromatic N) is 1. The number of hydrogen-bond donors (Lipinski definition) is 2. The van der Waals surface area contributed by atoms with Gasteiger partial charge in [0.1, 0.15) is 6.54 Å². The van der Waals surface area contributed by atoms with Gasteiger partial charge in [0.25, 0.3) is 5.91 Å². The second kappa shape index (κ2) is 7.26. The van der Waals surface area contributed by atoms with Crippen LogP contribution in [0, 0.1) is 5.92 Å². The molecule has 0 radical (unpaired) electrons. The topological polar surface area (TPSA) is 86.7 Å². The molecule has 0 fully saturated rings. The molecule has 25 heavy (non-hydrogen) atoms. The fourth-order valence-electron chi connectivity index (χ4n) is 2.77. The first-order chi connectivity index (χ1) is 11.7. The van der Waals surface area contributed by atoms with Crippen molar-refractivity contribution < 1.29 is 28.3 Å². The number of rotatable bonds is 6. The van der Waals surface area contributed by atoms with Crippen LogP contribution in [0.5, 0.6) is 0 Å². The number of benzene rings is 1. The highest BCUT2D eigenvalue weighted by Gasteiger charge is 2.52. The van der Waals surface area contributed by atoms with E-state index in [-0.39, 0.29) is 23.0 Å². The highest BCUT2D eigenvalue weighted by atomic mass is 19.3. The second-order valence-electron chi connectivity index (χ2n) is 6.39. The third-order valence-corrected chi connectivity index (χ3v) is 3.90. The number of fused-ring (bicyclic) bond motifs is 1. The van der Waals surface area contributed by atoms with Crippen molar-refractivity contribution in [2.45, 2.75) is 32.2 Å². The molecule has 8 heteroatoms. The van der Waals surface area contributed by atoms with Crippen LogP contribution in [0.2, 0.25) is 0 Å². The first-order valence-corrected chi connectivity index (χ1v) is 7.92. The minimum absolute atomic E-state index is 0.187. The van der Waals surface area contributed by atoms with Crippen LogP contribution < -0.4 is 5.32 Å². The molecule has 0 spiro atoms. The van der Waals surface area contributed by atoms with Gasteiger partial charge in [-0.1, -0.05) is 32.0 Å². The summed E-state index contributed by atoms with van der Waals surface area (Å²) in [6.07, 6.45) is 0.475. The predicted octanol–water partition coefficient (Wildman–Crippen LogP) is 1.28. The Hall–Kier alpha value is -2.35. The van der Waals surface area contributed by atoms with Crippen molar-refractivity contribution >= 4 is 17.7 Å². The van der Waals surface area contributed by atoms with Gasteiger partial charge in [0, 0.05) is 11.1 Å². The Morgan fingerprint density at radius 2 is 1.92 bits per heavy atom. The number of amides is 3. The lowest BCUT2D eigenvalue weighted by molar-refractivity contribution is -0.158. The van der Waals surface area contributed by atoms with Gasteiger partial charge >= 0.3 is 11.8 Å². The zero-order valence-electron chi connectivity index (χ0n) is 14.0. The molecule has 1 aliphatic heterocycles. The van der Waals surface area contributed by atoms with Crippen molar-refractivity contribution in [3.8, 4) is 0 Å². The van der Waals surface area contributed by atoms with Crippen LogP contribution >= 0.6 is 0 Å². The monoisotopic (exact) mass is 354 g/mol. The van der Waals surface area contributed by atoms with Gasteiger partial charge in [0.15, 0.2) is 0 Å². The molecule has 0 aliphatic carbocycles. The molecule has 1 heterocycles. The van der Waals surface area contributed by atoms with Crippen molar-refractivity contribution in [3.63, 3.8) is 0 Å². The van der Waals surface area contributed by atoms with E-state index in [1.54, 1.807) is 0 Å². The standard InChI is InChI=1S/C17H20F2N2O4/c1-10(2)7-11(9-22)20-14(23)8-21-15(24)12-5-3-4-6-13(12)17(18,19)16(21)25/h3-6,10-11,22H,7-9H2,1-2H3,(H,20,23). The largest absolute Gasteiger partial charge is 0.394 e. The molecule has 1 atom stereocenters. The average molecular weight is 354 g/mol. The van der Waals surface area contributed by atoms with E-state index in [4.69, 9.17) is 0 Å². The highest BCUT2D eigenvalue weighted by molar-refractivity contribution is 6.13. The van der Waals surface area contributed by atoms with Crippen LogP contribution in [0.3, 0.4) is 0 Å². The maximum absolute atomic E-state index is 14.3. The second-order valence-corrected chi connectivity index (χ2v) is 6.39. The van der Waals surface area contributed by atoms with E-state index in [2.05, 4.69) is 5.32 Å². The summed E-state index contributed by atoms with van der Waals surface area (Å²) in [7, 11) is 0. The van der Waals surface area contributed by atoms with Crippen LogP contribution in [-0.2, 0) is 15.5 Å². The van der Waals surface area contributed by atoms with Crippen molar-refractivity contribution in [2.24, 2.45) is 5.92 Å². The first-order valence-electron chi connectivity index (χ1n) is 7.92. The van der Waals surface area contributed by atoms with Gasteiger partial charge in [0.2, 0.25) is 5.91 Å². The molecule has 1 aliphatic rings. The van der Waals surface area contributed by atoms with Gasteiger partial charge in [-0.3, -0.25) is 19.3 Å². The predicted molar refractivity (Wildman–Crippen MR) is 84.9 cm³/mol. The van der Waals surface area contributed by atoms with E-state index in [1.165, 1.54) is 18.2 Å². The zero-order valence-corrected chi connectivity index (χ0v) is 14.0. The third kappa shape index (κ3) is 3.84. The van der Waals surface area contributed by atoms with Gasteiger partial charge in [-0.05, 0) is 18.4 Å². The number of aliphatic hydroxyl groups excluding tert-OH is 1. The molecule has 2 N–H and O–H groups in total. The Morgan fingerprint density at radius 1 is 1.28 bits per heavy atom. The molecule has 0 saturated carbocycles. The number of halogens is 2. The van der Waals surface area contributed by atoms with E-state index in [0.29, 0.717) is 6.42 Å². The molecule has 1 aromatic rings. The summed E-state index contributed by atoms with van der Waals surface area (Å²) in [5.74, 6) is -7.13. The lowest BCUT2D eigenvalue weighted by Gasteiger charge is -2.32. The summed E-state index contributed by atoms with van der Waals surface area (Å²) in [6.45, 7) is 2.63.